The van der Waals surface area contributed by atoms with Crippen LogP contribution in [0.2, 0.25) is 0 Å². The highest BCUT2D eigenvalue weighted by molar-refractivity contribution is 6.04. The van der Waals surface area contributed by atoms with Crippen molar-refractivity contribution < 1.29 is 24.2 Å². The lowest BCUT2D eigenvalue weighted by Crippen LogP contribution is -2.57. The first-order valence-electron chi connectivity index (χ1n) is 15.4. The molecule has 3 heterocycles. The fourth-order valence-electron chi connectivity index (χ4n) is 7.92. The fourth-order valence-corrected chi connectivity index (χ4v) is 7.92. The molecule has 226 valence electrons. The molecular weight excluding hydrogens is 542 g/mol. The maximum atomic E-state index is 14.5. The Balaban J connectivity index is 1.38. The zero-order chi connectivity index (χ0) is 30.5. The van der Waals surface area contributed by atoms with Crippen LogP contribution < -0.4 is 10.6 Å². The molecule has 8 heteroatoms. The normalized spacial score (nSPS) is 30.7. The number of carbonyl (C=O) groups excluding carboxylic acids is 3. The van der Waals surface area contributed by atoms with E-state index in [-0.39, 0.29) is 36.2 Å². The van der Waals surface area contributed by atoms with Gasteiger partial charge in [-0.25, -0.2) is 0 Å². The molecule has 3 aromatic carbocycles. The Morgan fingerprint density at radius 2 is 1.74 bits per heavy atom. The first-order chi connectivity index (χ1) is 20.6. The molecule has 3 unspecified atom stereocenters. The van der Waals surface area contributed by atoms with Crippen molar-refractivity contribution in [2.45, 2.75) is 70.4 Å². The second-order valence-electron chi connectivity index (χ2n) is 12.8. The minimum Gasteiger partial charge on any atom is -0.394 e. The minimum atomic E-state index is -1.19. The maximum Gasteiger partial charge on any atom is 0.250 e. The van der Waals surface area contributed by atoms with Crippen molar-refractivity contribution in [3.63, 3.8) is 0 Å². The van der Waals surface area contributed by atoms with E-state index in [2.05, 4.69) is 10.6 Å². The molecule has 3 N–H and O–H groups in total. The van der Waals surface area contributed by atoms with Crippen molar-refractivity contribution in [3.05, 3.63) is 78.4 Å². The molecular formula is C35H41N3O5. The quantitative estimate of drug-likeness (QED) is 0.344. The number of rotatable bonds is 9. The molecule has 3 fully saturated rings. The van der Waals surface area contributed by atoms with Gasteiger partial charge in [0.25, 0.3) is 0 Å². The lowest BCUT2D eigenvalue weighted by molar-refractivity contribution is -0.150. The first-order valence-corrected chi connectivity index (χ1v) is 15.4. The van der Waals surface area contributed by atoms with Crippen molar-refractivity contribution in [2.24, 2.45) is 23.7 Å². The van der Waals surface area contributed by atoms with E-state index in [0.717, 1.165) is 16.3 Å². The van der Waals surface area contributed by atoms with E-state index in [1.54, 1.807) is 4.90 Å². The Morgan fingerprint density at radius 3 is 2.44 bits per heavy atom. The van der Waals surface area contributed by atoms with Gasteiger partial charge < -0.3 is 25.4 Å². The van der Waals surface area contributed by atoms with Gasteiger partial charge in [-0.3, -0.25) is 14.4 Å². The number of likely N-dealkylation sites (tertiary alicyclic amines) is 1. The zero-order valence-corrected chi connectivity index (χ0v) is 25.2. The predicted octanol–water partition coefficient (Wildman–Crippen LogP) is 4.51. The van der Waals surface area contributed by atoms with Gasteiger partial charge in [0.15, 0.2) is 0 Å². The molecule has 1 spiro atoms. The molecule has 3 saturated heterocycles. The van der Waals surface area contributed by atoms with Crippen LogP contribution >= 0.6 is 0 Å². The van der Waals surface area contributed by atoms with Crippen molar-refractivity contribution in [3.8, 4) is 0 Å². The molecule has 0 aliphatic carbocycles. The van der Waals surface area contributed by atoms with Crippen LogP contribution in [-0.4, -0.2) is 57.6 Å². The van der Waals surface area contributed by atoms with Gasteiger partial charge in [0.05, 0.1) is 30.1 Å². The molecule has 6 rings (SSSR count). The molecule has 8 atom stereocenters. The highest BCUT2D eigenvalue weighted by Gasteiger charge is 2.80. The van der Waals surface area contributed by atoms with E-state index in [4.69, 9.17) is 4.74 Å². The highest BCUT2D eigenvalue weighted by atomic mass is 16.5. The number of hydrogen-bond donors (Lipinski definition) is 3. The van der Waals surface area contributed by atoms with Gasteiger partial charge >= 0.3 is 0 Å². The Bertz CT molecular complexity index is 1540. The number of ether oxygens (including phenoxy) is 1. The molecule has 3 aromatic rings. The third kappa shape index (κ3) is 4.62. The van der Waals surface area contributed by atoms with Crippen molar-refractivity contribution in [1.29, 1.82) is 0 Å². The van der Waals surface area contributed by atoms with E-state index in [9.17, 15) is 19.5 Å². The number of fused-ring (bicyclic) bond motifs is 2. The van der Waals surface area contributed by atoms with Crippen LogP contribution in [0.1, 0.15) is 46.1 Å². The smallest absolute Gasteiger partial charge is 0.250 e. The van der Waals surface area contributed by atoms with E-state index < -0.39 is 35.1 Å². The molecule has 0 radical (unpaired) electrons. The lowest BCUT2D eigenvalue weighted by atomic mass is 9.62. The van der Waals surface area contributed by atoms with Gasteiger partial charge in [-0.15, -0.1) is 0 Å². The number of amides is 3. The highest BCUT2D eigenvalue weighted by Crippen LogP contribution is 2.65. The van der Waals surface area contributed by atoms with Crippen LogP contribution in [-0.2, 0) is 25.7 Å². The summed E-state index contributed by atoms with van der Waals surface area (Å²) >= 11 is 0. The molecule has 3 aliphatic heterocycles. The summed E-state index contributed by atoms with van der Waals surface area (Å²) < 4.78 is 6.85. The summed E-state index contributed by atoms with van der Waals surface area (Å²) in [4.78, 5) is 44.5. The first kappa shape index (κ1) is 29.3. The van der Waals surface area contributed by atoms with Crippen LogP contribution in [0.25, 0.3) is 10.8 Å². The van der Waals surface area contributed by atoms with E-state index in [1.165, 1.54) is 0 Å². The summed E-state index contributed by atoms with van der Waals surface area (Å²) in [5, 5.41) is 18.8. The van der Waals surface area contributed by atoms with Crippen molar-refractivity contribution in [1.82, 2.24) is 10.2 Å². The molecule has 3 aliphatic rings. The lowest BCUT2D eigenvalue weighted by Gasteiger charge is -2.39. The SMILES string of the molecule is CC[C@H](C)[C@H](CO)N1C(=O)[C@@H]2[C@H](C(=O)NCc3ccccc3)[C@@]3(C)OC2(CC3C)C1C(=O)Nc1ccc2ccccc2c1. The minimum absolute atomic E-state index is 0.0730. The van der Waals surface area contributed by atoms with Gasteiger partial charge in [-0.2, -0.15) is 0 Å². The standard InChI is InChI=1S/C35H41N3O5/c1-5-21(2)27(20-39)38-30(32(41)37-26-16-15-24-13-9-10-14-25(24)17-26)35-18-22(3)34(4,43-35)28(29(35)33(38)42)31(40)36-19-23-11-7-6-8-12-23/h6-17,21-22,27-30,39H,5,18-20H2,1-4H3,(H,36,40)(H,37,41)/t21-,22?,27-,28+,29-,30?,34-,35?/m0/s1. The van der Waals surface area contributed by atoms with Gasteiger partial charge in [-0.05, 0) is 53.6 Å². The number of nitrogens with zero attached hydrogens (tertiary/aromatic N) is 1. The molecule has 43 heavy (non-hydrogen) atoms. The summed E-state index contributed by atoms with van der Waals surface area (Å²) in [7, 11) is 0. The number of aliphatic hydroxyl groups excluding tert-OH is 1. The Labute approximate surface area is 252 Å². The summed E-state index contributed by atoms with van der Waals surface area (Å²) in [6.07, 6.45) is 1.18. The molecule has 0 saturated carbocycles. The average molecular weight is 584 g/mol. The van der Waals surface area contributed by atoms with Gasteiger partial charge in [-0.1, -0.05) is 87.9 Å². The third-order valence-corrected chi connectivity index (χ3v) is 10.5. The number of aliphatic hydroxyl groups is 1. The van der Waals surface area contributed by atoms with Gasteiger partial charge in [0.2, 0.25) is 17.7 Å². The van der Waals surface area contributed by atoms with E-state index in [0.29, 0.717) is 25.1 Å². The maximum absolute atomic E-state index is 14.5. The zero-order valence-electron chi connectivity index (χ0n) is 25.2. The van der Waals surface area contributed by atoms with Gasteiger partial charge in [0, 0.05) is 12.2 Å². The summed E-state index contributed by atoms with van der Waals surface area (Å²) in [5.74, 6) is -2.67. The largest absolute Gasteiger partial charge is 0.394 e. The van der Waals surface area contributed by atoms with Crippen LogP contribution in [0, 0.1) is 23.7 Å². The summed E-state index contributed by atoms with van der Waals surface area (Å²) in [6, 6.07) is 21.7. The van der Waals surface area contributed by atoms with E-state index >= 15 is 0 Å². The molecule has 2 bridgehead atoms. The van der Waals surface area contributed by atoms with E-state index in [1.807, 2.05) is 100 Å². The fraction of sp³-hybridized carbons (Fsp3) is 0.457. The molecule has 8 nitrogen and oxygen atoms in total. The number of anilines is 1. The number of carbonyl (C=O) groups is 3. The summed E-state index contributed by atoms with van der Waals surface area (Å²) in [6.45, 7) is 7.96. The molecule has 3 amide bonds. The van der Waals surface area contributed by atoms with Crippen molar-refractivity contribution in [2.75, 3.05) is 11.9 Å². The number of hydrogen-bond acceptors (Lipinski definition) is 5. The second kappa shape index (κ2) is 11.1. The van der Waals surface area contributed by atoms with Crippen molar-refractivity contribution >= 4 is 34.2 Å². The second-order valence-corrected chi connectivity index (χ2v) is 12.8. The van der Waals surface area contributed by atoms with Crippen LogP contribution in [0.3, 0.4) is 0 Å². The average Bonchev–Trinajstić information content (AvgIpc) is 3.53. The van der Waals surface area contributed by atoms with Crippen LogP contribution in [0.5, 0.6) is 0 Å². The summed E-state index contributed by atoms with van der Waals surface area (Å²) in [5.41, 5.74) is -0.539. The topological polar surface area (TPSA) is 108 Å². The monoisotopic (exact) mass is 583 g/mol. The van der Waals surface area contributed by atoms with Gasteiger partial charge in [0.1, 0.15) is 11.6 Å². The Morgan fingerprint density at radius 1 is 1.05 bits per heavy atom. The Kier molecular flexibility index (Phi) is 7.55. The number of benzene rings is 3. The number of nitrogens with one attached hydrogen (secondary N) is 2. The molecule has 0 aromatic heterocycles. The Hall–Kier alpha value is -3.75. The van der Waals surface area contributed by atoms with Crippen LogP contribution in [0.4, 0.5) is 5.69 Å². The predicted molar refractivity (Wildman–Crippen MR) is 165 cm³/mol. The third-order valence-electron chi connectivity index (χ3n) is 10.5. The van der Waals surface area contributed by atoms with Crippen LogP contribution in [0.15, 0.2) is 72.8 Å².